The van der Waals surface area contributed by atoms with E-state index >= 15 is 0 Å². The molecule has 0 unspecified atom stereocenters. The van der Waals surface area contributed by atoms with E-state index in [1.165, 1.54) is 0 Å². The standard InChI is InChI=1S/C56H42N8/c1-35-25-27-49-45(29-35)61-55(63(49)41-21-13-7-14-22-41)47-33-57-53(51(59-47)39-17-9-5-10-18-39)43-31-38(4)44(32-37(43)3)54-52(40-19-11-6-12-20-40)60-48(34-58-54)56-62-46-30-36(2)26-28-50(46)64(56)42-23-15-8-16-24-42/h5-34H,1-4H3. The van der Waals surface area contributed by atoms with Crippen molar-refractivity contribution in [3.05, 3.63) is 205 Å². The quantitative estimate of drug-likeness (QED) is 0.152. The van der Waals surface area contributed by atoms with Crippen molar-refractivity contribution in [1.29, 1.82) is 0 Å². The van der Waals surface area contributed by atoms with Crippen molar-refractivity contribution in [3.8, 4) is 79.4 Å². The van der Waals surface area contributed by atoms with Crippen LogP contribution in [0.15, 0.2) is 182 Å². The number of rotatable bonds is 8. The van der Waals surface area contributed by atoms with Crippen LogP contribution < -0.4 is 0 Å². The van der Waals surface area contributed by atoms with Gasteiger partial charge in [0, 0.05) is 33.6 Å². The third-order valence-electron chi connectivity index (χ3n) is 11.8. The molecule has 7 aromatic carbocycles. The third-order valence-corrected chi connectivity index (χ3v) is 11.8. The zero-order valence-electron chi connectivity index (χ0n) is 35.9. The highest BCUT2D eigenvalue weighted by molar-refractivity contribution is 5.89. The molecule has 4 heterocycles. The lowest BCUT2D eigenvalue weighted by atomic mass is 9.92. The van der Waals surface area contributed by atoms with E-state index in [4.69, 9.17) is 29.9 Å². The molecule has 8 heteroatoms. The number of fused-ring (bicyclic) bond motifs is 2. The van der Waals surface area contributed by atoms with Crippen LogP contribution in [0, 0.1) is 27.7 Å². The van der Waals surface area contributed by atoms with E-state index in [9.17, 15) is 0 Å². The number of imidazole rings is 2. The van der Waals surface area contributed by atoms with E-state index in [0.717, 1.165) is 112 Å². The van der Waals surface area contributed by atoms with Gasteiger partial charge in [-0.15, -0.1) is 0 Å². The van der Waals surface area contributed by atoms with E-state index in [2.05, 4.69) is 134 Å². The molecule has 0 saturated heterocycles. The molecule has 0 amide bonds. The average molecular weight is 827 g/mol. The molecule has 0 radical (unpaired) electrons. The van der Waals surface area contributed by atoms with E-state index in [1.54, 1.807) is 0 Å². The minimum absolute atomic E-state index is 0.685. The summed E-state index contributed by atoms with van der Waals surface area (Å²) in [5, 5.41) is 0. The second kappa shape index (κ2) is 15.8. The molecule has 0 N–H and O–H groups in total. The van der Waals surface area contributed by atoms with Crippen molar-refractivity contribution in [2.75, 3.05) is 0 Å². The maximum atomic E-state index is 5.41. The van der Waals surface area contributed by atoms with Gasteiger partial charge in [-0.3, -0.25) is 19.1 Å². The first kappa shape index (κ1) is 38.6. The molecule has 11 rings (SSSR count). The lowest BCUT2D eigenvalue weighted by molar-refractivity contribution is 1.07. The highest BCUT2D eigenvalue weighted by Gasteiger charge is 2.24. The second-order valence-electron chi connectivity index (χ2n) is 16.3. The lowest BCUT2D eigenvalue weighted by Gasteiger charge is -2.17. The Morgan fingerprint density at radius 2 is 0.734 bits per heavy atom. The minimum atomic E-state index is 0.685. The van der Waals surface area contributed by atoms with Gasteiger partial charge in [0.05, 0.1) is 57.2 Å². The van der Waals surface area contributed by atoms with Crippen LogP contribution in [0.25, 0.3) is 102 Å². The zero-order chi connectivity index (χ0) is 43.3. The number of hydrogen-bond donors (Lipinski definition) is 0. The normalized spacial score (nSPS) is 11.4. The Bertz CT molecular complexity index is 3290. The van der Waals surface area contributed by atoms with Gasteiger partial charge >= 0.3 is 0 Å². The van der Waals surface area contributed by atoms with E-state index in [-0.39, 0.29) is 0 Å². The zero-order valence-corrected chi connectivity index (χ0v) is 35.9. The molecule has 0 aliphatic rings. The largest absolute Gasteiger partial charge is 0.291 e. The Morgan fingerprint density at radius 1 is 0.359 bits per heavy atom. The number of hydrogen-bond acceptors (Lipinski definition) is 6. The van der Waals surface area contributed by atoms with Crippen LogP contribution in [0.2, 0.25) is 0 Å². The summed E-state index contributed by atoms with van der Waals surface area (Å²) in [4.78, 5) is 31.6. The molecule has 0 atom stereocenters. The second-order valence-corrected chi connectivity index (χ2v) is 16.3. The molecule has 4 aromatic heterocycles. The van der Waals surface area contributed by atoms with Crippen LogP contribution in [-0.2, 0) is 0 Å². The highest BCUT2D eigenvalue weighted by Crippen LogP contribution is 2.40. The molecule has 11 aromatic rings. The number of para-hydroxylation sites is 2. The van der Waals surface area contributed by atoms with Crippen LogP contribution >= 0.6 is 0 Å². The molecule has 0 aliphatic heterocycles. The summed E-state index contributed by atoms with van der Waals surface area (Å²) in [7, 11) is 0. The summed E-state index contributed by atoms with van der Waals surface area (Å²) in [6, 6.07) is 58.4. The van der Waals surface area contributed by atoms with Crippen LogP contribution in [0.5, 0.6) is 0 Å². The summed E-state index contributed by atoms with van der Waals surface area (Å²) in [5.41, 5.74) is 18.7. The maximum absolute atomic E-state index is 5.41. The van der Waals surface area contributed by atoms with Crippen molar-refractivity contribution in [2.24, 2.45) is 0 Å². The molecular weight excluding hydrogens is 785 g/mol. The molecule has 306 valence electrons. The molecule has 0 saturated carbocycles. The molecular formula is C56H42N8. The number of aryl methyl sites for hydroxylation is 4. The fraction of sp³-hybridized carbons (Fsp3) is 0.0714. The van der Waals surface area contributed by atoms with Crippen LogP contribution in [0.4, 0.5) is 0 Å². The van der Waals surface area contributed by atoms with Gasteiger partial charge in [0.1, 0.15) is 11.4 Å². The van der Waals surface area contributed by atoms with Crippen molar-refractivity contribution >= 4 is 22.1 Å². The van der Waals surface area contributed by atoms with E-state index in [0.29, 0.717) is 11.4 Å². The number of aromatic nitrogens is 8. The SMILES string of the molecule is Cc1ccc2c(c1)nc(-c1cnc(-c3cc(C)c(-c4ncc(-c5nc6cc(C)ccc6n5-c5ccccc5)nc4-c4ccccc4)cc3C)c(-c3ccccc3)n1)n2-c1ccccc1. The fourth-order valence-corrected chi connectivity index (χ4v) is 8.71. The van der Waals surface area contributed by atoms with Gasteiger partial charge < -0.3 is 0 Å². The van der Waals surface area contributed by atoms with Crippen LogP contribution in [-0.4, -0.2) is 39.0 Å². The van der Waals surface area contributed by atoms with Crippen molar-refractivity contribution in [3.63, 3.8) is 0 Å². The Balaban J connectivity index is 1.06. The molecule has 0 aliphatic carbocycles. The van der Waals surface area contributed by atoms with Gasteiger partial charge in [0.25, 0.3) is 0 Å². The van der Waals surface area contributed by atoms with Gasteiger partial charge in [-0.1, -0.05) is 109 Å². The molecule has 0 bridgehead atoms. The predicted molar refractivity (Wildman–Crippen MR) is 258 cm³/mol. The fourth-order valence-electron chi connectivity index (χ4n) is 8.71. The summed E-state index contributed by atoms with van der Waals surface area (Å²) in [5.74, 6) is 1.47. The minimum Gasteiger partial charge on any atom is -0.291 e. The molecule has 0 fully saturated rings. The first-order valence-corrected chi connectivity index (χ1v) is 21.4. The highest BCUT2D eigenvalue weighted by atomic mass is 15.1. The first-order valence-electron chi connectivity index (χ1n) is 21.4. The monoisotopic (exact) mass is 826 g/mol. The van der Waals surface area contributed by atoms with Gasteiger partial charge in [-0.2, -0.15) is 0 Å². The van der Waals surface area contributed by atoms with Crippen molar-refractivity contribution in [2.45, 2.75) is 27.7 Å². The predicted octanol–water partition coefficient (Wildman–Crippen LogP) is 13.2. The number of nitrogens with zero attached hydrogens (tertiary/aromatic N) is 8. The Hall–Kier alpha value is -8.36. The number of benzene rings is 7. The van der Waals surface area contributed by atoms with Crippen molar-refractivity contribution < 1.29 is 0 Å². The lowest BCUT2D eigenvalue weighted by Crippen LogP contribution is -2.04. The third kappa shape index (κ3) is 6.82. The summed E-state index contributed by atoms with van der Waals surface area (Å²) in [6.07, 6.45) is 3.72. The molecule has 64 heavy (non-hydrogen) atoms. The Labute approximate surface area is 371 Å². The van der Waals surface area contributed by atoms with E-state index < -0.39 is 0 Å². The maximum Gasteiger partial charge on any atom is 0.166 e. The van der Waals surface area contributed by atoms with Gasteiger partial charge in [0.15, 0.2) is 11.6 Å². The van der Waals surface area contributed by atoms with E-state index in [1.807, 2.05) is 85.2 Å². The summed E-state index contributed by atoms with van der Waals surface area (Å²) < 4.78 is 4.35. The molecule has 0 spiro atoms. The van der Waals surface area contributed by atoms with Gasteiger partial charge in [0.2, 0.25) is 0 Å². The summed E-state index contributed by atoms with van der Waals surface area (Å²) >= 11 is 0. The Kier molecular flexibility index (Phi) is 9.54. The smallest absolute Gasteiger partial charge is 0.166 e. The van der Waals surface area contributed by atoms with Gasteiger partial charge in [-0.05, 0) is 111 Å². The van der Waals surface area contributed by atoms with Gasteiger partial charge in [-0.25, -0.2) is 19.9 Å². The topological polar surface area (TPSA) is 87.2 Å². The average Bonchev–Trinajstić information content (AvgIpc) is 3.91. The van der Waals surface area contributed by atoms with Crippen LogP contribution in [0.3, 0.4) is 0 Å². The van der Waals surface area contributed by atoms with Crippen molar-refractivity contribution in [1.82, 2.24) is 39.0 Å². The molecule has 8 nitrogen and oxygen atoms in total. The summed E-state index contributed by atoms with van der Waals surface area (Å²) in [6.45, 7) is 8.45. The van der Waals surface area contributed by atoms with Crippen LogP contribution in [0.1, 0.15) is 22.3 Å². The Morgan fingerprint density at radius 3 is 1.12 bits per heavy atom. The first-order chi connectivity index (χ1) is 31.4.